The van der Waals surface area contributed by atoms with Crippen LogP contribution in [0.15, 0.2) is 48.2 Å². The molecular weight excluding hydrogens is 362 g/mol. The molecule has 4 rings (SSSR count). The lowest BCUT2D eigenvalue weighted by molar-refractivity contribution is -0.116. The first-order valence-electron chi connectivity index (χ1n) is 8.32. The van der Waals surface area contributed by atoms with Gasteiger partial charge < -0.3 is 5.32 Å². The van der Waals surface area contributed by atoms with Gasteiger partial charge in [0, 0.05) is 18.5 Å². The number of hydrogen-bond acceptors (Lipinski definition) is 6. The van der Waals surface area contributed by atoms with Crippen LogP contribution in [0.3, 0.4) is 0 Å². The summed E-state index contributed by atoms with van der Waals surface area (Å²) in [6.07, 6.45) is 3.47. The summed E-state index contributed by atoms with van der Waals surface area (Å²) in [5.41, 5.74) is 4.33. The fraction of sp³-hybridized carbons (Fsp3) is 0.167. The molecule has 8 nitrogen and oxygen atoms in total. The Morgan fingerprint density at radius 2 is 2.07 bits per heavy atom. The molecule has 0 unspecified atom stereocenters. The van der Waals surface area contributed by atoms with E-state index in [2.05, 4.69) is 25.5 Å². The Labute approximate surface area is 159 Å². The van der Waals surface area contributed by atoms with Gasteiger partial charge in [-0.15, -0.1) is 11.3 Å². The molecule has 0 spiro atoms. The zero-order valence-electron chi connectivity index (χ0n) is 14.8. The van der Waals surface area contributed by atoms with Gasteiger partial charge in [0.2, 0.25) is 5.91 Å². The zero-order chi connectivity index (χ0) is 18.8. The van der Waals surface area contributed by atoms with E-state index in [0.717, 1.165) is 22.0 Å². The van der Waals surface area contributed by atoms with Gasteiger partial charge in [0.15, 0.2) is 5.82 Å². The Hall–Kier alpha value is -3.33. The van der Waals surface area contributed by atoms with Crippen molar-refractivity contribution in [3.8, 4) is 16.4 Å². The summed E-state index contributed by atoms with van der Waals surface area (Å²) >= 11 is 1.53. The summed E-state index contributed by atoms with van der Waals surface area (Å²) < 4.78 is 3.22. The molecule has 4 aromatic rings. The number of thiazole rings is 1. The molecule has 0 saturated carbocycles. The first-order valence-corrected chi connectivity index (χ1v) is 9.20. The lowest BCUT2D eigenvalue weighted by Gasteiger charge is -2.08. The lowest BCUT2D eigenvalue weighted by Crippen LogP contribution is -2.21. The molecule has 0 aliphatic rings. The third-order valence-corrected chi connectivity index (χ3v) is 4.84. The number of aromatic nitrogens is 6. The standard InChI is InChI=1S/C18H17N7OS/c1-12-9-16(25(22-12)15-5-3-4-7-19-15)21-17(26)10-24-8-6-14(23-24)18-13(2)20-11-27-18/h3-9,11H,10H2,1-2H3,(H,21,26). The van der Waals surface area contributed by atoms with Gasteiger partial charge in [0.1, 0.15) is 18.1 Å². The van der Waals surface area contributed by atoms with Crippen molar-refractivity contribution in [2.24, 2.45) is 0 Å². The van der Waals surface area contributed by atoms with E-state index in [4.69, 9.17) is 0 Å². The van der Waals surface area contributed by atoms with Crippen molar-refractivity contribution < 1.29 is 4.79 Å². The van der Waals surface area contributed by atoms with E-state index in [1.165, 1.54) is 11.3 Å². The number of nitrogens with one attached hydrogen (secondary N) is 1. The number of aryl methyl sites for hydroxylation is 2. The maximum Gasteiger partial charge on any atom is 0.247 e. The smallest absolute Gasteiger partial charge is 0.247 e. The van der Waals surface area contributed by atoms with Crippen molar-refractivity contribution in [3.63, 3.8) is 0 Å². The van der Waals surface area contributed by atoms with Gasteiger partial charge in [0.05, 0.1) is 21.8 Å². The second kappa shape index (κ2) is 7.12. The van der Waals surface area contributed by atoms with Gasteiger partial charge in [-0.25, -0.2) is 9.97 Å². The van der Waals surface area contributed by atoms with Crippen molar-refractivity contribution in [3.05, 3.63) is 59.6 Å². The Kier molecular flexibility index (Phi) is 4.51. The number of rotatable bonds is 5. The van der Waals surface area contributed by atoms with Crippen molar-refractivity contribution in [2.45, 2.75) is 20.4 Å². The van der Waals surface area contributed by atoms with E-state index in [0.29, 0.717) is 11.6 Å². The van der Waals surface area contributed by atoms with Crippen LogP contribution in [0.4, 0.5) is 5.82 Å². The normalized spacial score (nSPS) is 10.9. The van der Waals surface area contributed by atoms with Gasteiger partial charge >= 0.3 is 0 Å². The first-order chi connectivity index (χ1) is 13.1. The Morgan fingerprint density at radius 1 is 1.19 bits per heavy atom. The van der Waals surface area contributed by atoms with Crippen LogP contribution in [0, 0.1) is 13.8 Å². The highest BCUT2D eigenvalue weighted by Gasteiger charge is 2.13. The molecule has 0 fully saturated rings. The molecule has 0 saturated heterocycles. The largest absolute Gasteiger partial charge is 0.309 e. The second-order valence-corrected chi connectivity index (χ2v) is 6.84. The van der Waals surface area contributed by atoms with E-state index in [1.807, 2.05) is 44.2 Å². The molecule has 4 aromatic heterocycles. The number of anilines is 1. The van der Waals surface area contributed by atoms with E-state index in [9.17, 15) is 4.79 Å². The summed E-state index contributed by atoms with van der Waals surface area (Å²) in [7, 11) is 0. The molecule has 0 radical (unpaired) electrons. The average molecular weight is 379 g/mol. The van der Waals surface area contributed by atoms with E-state index < -0.39 is 0 Å². The Morgan fingerprint density at radius 3 is 2.81 bits per heavy atom. The summed E-state index contributed by atoms with van der Waals surface area (Å²) in [6.45, 7) is 3.91. The van der Waals surface area contributed by atoms with Gasteiger partial charge in [-0.2, -0.15) is 14.9 Å². The monoisotopic (exact) mass is 379 g/mol. The molecule has 9 heteroatoms. The van der Waals surface area contributed by atoms with Crippen LogP contribution in [-0.2, 0) is 11.3 Å². The topological polar surface area (TPSA) is 90.5 Å². The van der Waals surface area contributed by atoms with Crippen LogP contribution >= 0.6 is 11.3 Å². The number of pyridine rings is 1. The molecule has 0 bridgehead atoms. The number of carbonyl (C=O) groups excluding carboxylic acids is 1. The summed E-state index contributed by atoms with van der Waals surface area (Å²) in [4.78, 5) is 22.0. The molecule has 0 aliphatic carbocycles. The van der Waals surface area contributed by atoms with E-state index in [-0.39, 0.29) is 12.5 Å². The number of carbonyl (C=O) groups is 1. The molecule has 1 amide bonds. The number of hydrogen-bond donors (Lipinski definition) is 1. The maximum absolute atomic E-state index is 12.5. The Bertz CT molecular complexity index is 1080. The minimum Gasteiger partial charge on any atom is -0.309 e. The predicted octanol–water partition coefficient (Wildman–Crippen LogP) is 2.84. The van der Waals surface area contributed by atoms with Crippen LogP contribution in [0.25, 0.3) is 16.4 Å². The van der Waals surface area contributed by atoms with Crippen LogP contribution in [0.2, 0.25) is 0 Å². The van der Waals surface area contributed by atoms with Crippen molar-refractivity contribution in [1.82, 2.24) is 29.5 Å². The fourth-order valence-corrected chi connectivity index (χ4v) is 3.46. The van der Waals surface area contributed by atoms with Gasteiger partial charge in [0.25, 0.3) is 0 Å². The van der Waals surface area contributed by atoms with Gasteiger partial charge in [-0.3, -0.25) is 9.48 Å². The summed E-state index contributed by atoms with van der Waals surface area (Å²) in [5, 5.41) is 11.8. The summed E-state index contributed by atoms with van der Waals surface area (Å²) in [6, 6.07) is 9.23. The quantitative estimate of drug-likeness (QED) is 0.576. The highest BCUT2D eigenvalue weighted by Crippen LogP contribution is 2.25. The van der Waals surface area contributed by atoms with E-state index >= 15 is 0 Å². The molecule has 27 heavy (non-hydrogen) atoms. The molecule has 0 aliphatic heterocycles. The average Bonchev–Trinajstić information content (AvgIpc) is 3.36. The van der Waals surface area contributed by atoms with Crippen LogP contribution in [0.5, 0.6) is 0 Å². The van der Waals surface area contributed by atoms with E-state index in [1.54, 1.807) is 27.3 Å². The van der Waals surface area contributed by atoms with Gasteiger partial charge in [-0.1, -0.05) is 6.07 Å². The maximum atomic E-state index is 12.5. The predicted molar refractivity (Wildman–Crippen MR) is 103 cm³/mol. The zero-order valence-corrected chi connectivity index (χ0v) is 15.6. The fourth-order valence-electron chi connectivity index (χ4n) is 2.69. The highest BCUT2D eigenvalue weighted by atomic mass is 32.1. The molecule has 4 heterocycles. The summed E-state index contributed by atoms with van der Waals surface area (Å²) in [5.74, 6) is 1.02. The second-order valence-electron chi connectivity index (χ2n) is 5.98. The van der Waals surface area contributed by atoms with Crippen molar-refractivity contribution in [2.75, 3.05) is 5.32 Å². The minimum atomic E-state index is -0.192. The third kappa shape index (κ3) is 3.63. The third-order valence-electron chi connectivity index (χ3n) is 3.89. The number of amides is 1. The molecule has 0 atom stereocenters. The first kappa shape index (κ1) is 17.1. The lowest BCUT2D eigenvalue weighted by atomic mass is 10.3. The Balaban J connectivity index is 1.50. The molecular formula is C18H17N7OS. The molecule has 1 N–H and O–H groups in total. The van der Waals surface area contributed by atoms with Crippen molar-refractivity contribution in [1.29, 1.82) is 0 Å². The van der Waals surface area contributed by atoms with Crippen molar-refractivity contribution >= 4 is 23.1 Å². The SMILES string of the molecule is Cc1cc(NC(=O)Cn2ccc(-c3scnc3C)n2)n(-c2ccccn2)n1. The molecule has 0 aromatic carbocycles. The number of nitrogens with zero attached hydrogens (tertiary/aromatic N) is 6. The van der Waals surface area contributed by atoms with Crippen LogP contribution in [0.1, 0.15) is 11.4 Å². The van der Waals surface area contributed by atoms with Crippen LogP contribution in [-0.4, -0.2) is 35.4 Å². The van der Waals surface area contributed by atoms with Gasteiger partial charge in [-0.05, 0) is 32.0 Å². The highest BCUT2D eigenvalue weighted by molar-refractivity contribution is 7.13. The minimum absolute atomic E-state index is 0.101. The van der Waals surface area contributed by atoms with Crippen LogP contribution < -0.4 is 5.32 Å². The molecule has 136 valence electrons.